The quantitative estimate of drug-likeness (QED) is 0.728. The molecule has 0 bridgehead atoms. The molecule has 28 heavy (non-hydrogen) atoms. The van der Waals surface area contributed by atoms with Gasteiger partial charge < -0.3 is 10.0 Å². The Balaban J connectivity index is 1.42. The lowest BCUT2D eigenvalue weighted by Gasteiger charge is -2.36. The van der Waals surface area contributed by atoms with Crippen LogP contribution in [-0.2, 0) is 12.7 Å². The Morgan fingerprint density at radius 2 is 1.64 bits per heavy atom. The van der Waals surface area contributed by atoms with E-state index >= 15 is 0 Å². The number of phenolic OH excluding ortho intramolecular Hbond substituents is 1. The number of phenols is 1. The molecular formula is C21H20F3N3O. The molecule has 0 radical (unpaired) electrons. The van der Waals surface area contributed by atoms with E-state index < -0.39 is 11.7 Å². The summed E-state index contributed by atoms with van der Waals surface area (Å²) in [4.78, 5) is 8.66. The molecule has 1 saturated heterocycles. The lowest BCUT2D eigenvalue weighted by Crippen LogP contribution is -2.46. The zero-order valence-corrected chi connectivity index (χ0v) is 15.2. The molecule has 2 aromatic carbocycles. The van der Waals surface area contributed by atoms with Crippen LogP contribution >= 0.6 is 0 Å². The fourth-order valence-electron chi connectivity index (χ4n) is 3.62. The van der Waals surface area contributed by atoms with Crippen molar-refractivity contribution in [2.24, 2.45) is 0 Å². The second-order valence-corrected chi connectivity index (χ2v) is 6.95. The Morgan fingerprint density at radius 3 is 2.32 bits per heavy atom. The van der Waals surface area contributed by atoms with E-state index in [0.29, 0.717) is 5.52 Å². The number of rotatable bonds is 3. The normalized spacial score (nSPS) is 15.9. The van der Waals surface area contributed by atoms with Gasteiger partial charge in [0.25, 0.3) is 0 Å². The predicted octanol–water partition coefficient (Wildman–Crippen LogP) is 4.28. The van der Waals surface area contributed by atoms with Crippen LogP contribution in [0.1, 0.15) is 11.1 Å². The van der Waals surface area contributed by atoms with Gasteiger partial charge in [0, 0.05) is 50.0 Å². The van der Waals surface area contributed by atoms with Crippen LogP contribution in [0, 0.1) is 0 Å². The molecule has 0 amide bonds. The number of alkyl halides is 3. The molecule has 2 heterocycles. The van der Waals surface area contributed by atoms with Gasteiger partial charge in [-0.1, -0.05) is 12.1 Å². The van der Waals surface area contributed by atoms with Gasteiger partial charge in [-0.25, -0.2) is 0 Å². The van der Waals surface area contributed by atoms with E-state index in [9.17, 15) is 18.3 Å². The lowest BCUT2D eigenvalue weighted by atomic mass is 10.1. The summed E-state index contributed by atoms with van der Waals surface area (Å²) < 4.78 is 38.1. The molecule has 1 N–H and O–H groups in total. The van der Waals surface area contributed by atoms with E-state index in [1.54, 1.807) is 12.3 Å². The number of halogens is 3. The first-order valence-electron chi connectivity index (χ1n) is 9.12. The van der Waals surface area contributed by atoms with Crippen molar-refractivity contribution in [2.75, 3.05) is 31.1 Å². The van der Waals surface area contributed by atoms with Crippen molar-refractivity contribution in [1.82, 2.24) is 9.88 Å². The minimum absolute atomic E-state index is 0.173. The maximum Gasteiger partial charge on any atom is 0.416 e. The predicted molar refractivity (Wildman–Crippen MR) is 102 cm³/mol. The van der Waals surface area contributed by atoms with Crippen LogP contribution < -0.4 is 4.90 Å². The van der Waals surface area contributed by atoms with Crippen LogP contribution in [0.25, 0.3) is 10.9 Å². The van der Waals surface area contributed by atoms with E-state index in [1.165, 1.54) is 12.1 Å². The number of nitrogens with zero attached hydrogens (tertiary/aromatic N) is 3. The summed E-state index contributed by atoms with van der Waals surface area (Å²) in [5.41, 5.74) is 1.89. The molecular weight excluding hydrogens is 367 g/mol. The monoisotopic (exact) mass is 387 g/mol. The van der Waals surface area contributed by atoms with Crippen molar-refractivity contribution in [3.05, 3.63) is 65.9 Å². The number of hydrogen-bond acceptors (Lipinski definition) is 4. The zero-order valence-electron chi connectivity index (χ0n) is 15.2. The van der Waals surface area contributed by atoms with Crippen molar-refractivity contribution in [3.63, 3.8) is 0 Å². The molecule has 1 fully saturated rings. The molecule has 146 valence electrons. The number of benzene rings is 2. The Kier molecular flexibility index (Phi) is 4.85. The third kappa shape index (κ3) is 3.75. The standard InChI is InChI=1S/C21H20F3N3O/c22-21(23,24)16-4-6-17(7-5-16)27-12-10-26(11-13-27)14-15-3-8-19(28)20-18(15)2-1-9-25-20/h1-9,28H,10-14H2. The number of piperazine rings is 1. The molecule has 3 aromatic rings. The van der Waals surface area contributed by atoms with Gasteiger partial charge in [-0.3, -0.25) is 9.88 Å². The molecule has 1 aliphatic rings. The molecule has 1 aromatic heterocycles. The van der Waals surface area contributed by atoms with Gasteiger partial charge in [0.1, 0.15) is 11.3 Å². The fourth-order valence-corrected chi connectivity index (χ4v) is 3.62. The second kappa shape index (κ2) is 7.31. The third-order valence-corrected chi connectivity index (χ3v) is 5.16. The van der Waals surface area contributed by atoms with Crippen molar-refractivity contribution < 1.29 is 18.3 Å². The summed E-state index contributed by atoms with van der Waals surface area (Å²) in [6, 6.07) is 12.7. The summed E-state index contributed by atoms with van der Waals surface area (Å²) in [6.07, 6.45) is -2.65. The van der Waals surface area contributed by atoms with Crippen LogP contribution in [0.15, 0.2) is 54.7 Å². The average Bonchev–Trinajstić information content (AvgIpc) is 2.70. The first kappa shape index (κ1) is 18.6. The Morgan fingerprint density at radius 1 is 0.929 bits per heavy atom. The van der Waals surface area contributed by atoms with Crippen LogP contribution in [0.4, 0.5) is 18.9 Å². The maximum atomic E-state index is 12.7. The smallest absolute Gasteiger partial charge is 0.416 e. The Labute approximate surface area is 160 Å². The summed E-state index contributed by atoms with van der Waals surface area (Å²) in [5, 5.41) is 10.9. The van der Waals surface area contributed by atoms with E-state index in [4.69, 9.17) is 0 Å². The summed E-state index contributed by atoms with van der Waals surface area (Å²) >= 11 is 0. The molecule has 4 nitrogen and oxygen atoms in total. The molecule has 0 spiro atoms. The second-order valence-electron chi connectivity index (χ2n) is 6.95. The number of pyridine rings is 1. The Hall–Kier alpha value is -2.80. The van der Waals surface area contributed by atoms with Gasteiger partial charge >= 0.3 is 6.18 Å². The van der Waals surface area contributed by atoms with E-state index in [2.05, 4.69) is 14.8 Å². The highest BCUT2D eigenvalue weighted by Crippen LogP contribution is 2.31. The number of hydrogen-bond donors (Lipinski definition) is 1. The average molecular weight is 387 g/mol. The number of aromatic hydroxyl groups is 1. The van der Waals surface area contributed by atoms with Gasteiger partial charge in [-0.15, -0.1) is 0 Å². The fraction of sp³-hybridized carbons (Fsp3) is 0.286. The molecule has 0 aliphatic carbocycles. The summed E-state index contributed by atoms with van der Waals surface area (Å²) in [5.74, 6) is 0.173. The first-order chi connectivity index (χ1) is 13.4. The highest BCUT2D eigenvalue weighted by atomic mass is 19.4. The van der Waals surface area contributed by atoms with Crippen molar-refractivity contribution >= 4 is 16.6 Å². The molecule has 7 heteroatoms. The van der Waals surface area contributed by atoms with Gasteiger partial charge in [0.2, 0.25) is 0 Å². The summed E-state index contributed by atoms with van der Waals surface area (Å²) in [6.45, 7) is 3.86. The maximum absolute atomic E-state index is 12.7. The zero-order chi connectivity index (χ0) is 19.7. The van der Waals surface area contributed by atoms with E-state index in [-0.39, 0.29) is 5.75 Å². The number of fused-ring (bicyclic) bond motifs is 1. The van der Waals surface area contributed by atoms with Crippen molar-refractivity contribution in [3.8, 4) is 5.75 Å². The van der Waals surface area contributed by atoms with Crippen LogP contribution in [0.5, 0.6) is 5.75 Å². The minimum Gasteiger partial charge on any atom is -0.506 e. The largest absolute Gasteiger partial charge is 0.506 e. The van der Waals surface area contributed by atoms with Gasteiger partial charge in [-0.2, -0.15) is 13.2 Å². The first-order valence-corrected chi connectivity index (χ1v) is 9.12. The van der Waals surface area contributed by atoms with Gasteiger partial charge in [-0.05, 0) is 42.0 Å². The summed E-state index contributed by atoms with van der Waals surface area (Å²) in [7, 11) is 0. The lowest BCUT2D eigenvalue weighted by molar-refractivity contribution is -0.137. The molecule has 1 aliphatic heterocycles. The molecule has 0 atom stereocenters. The number of aromatic nitrogens is 1. The molecule has 4 rings (SSSR count). The van der Waals surface area contributed by atoms with E-state index in [1.807, 2.05) is 18.2 Å². The molecule has 0 unspecified atom stereocenters. The SMILES string of the molecule is Oc1ccc(CN2CCN(c3ccc(C(F)(F)F)cc3)CC2)c2cccnc12. The Bertz CT molecular complexity index is 965. The van der Waals surface area contributed by atoms with E-state index in [0.717, 1.165) is 61.5 Å². The topological polar surface area (TPSA) is 39.6 Å². The third-order valence-electron chi connectivity index (χ3n) is 5.16. The van der Waals surface area contributed by atoms with Crippen molar-refractivity contribution in [2.45, 2.75) is 12.7 Å². The highest BCUT2D eigenvalue weighted by molar-refractivity contribution is 5.87. The number of anilines is 1. The highest BCUT2D eigenvalue weighted by Gasteiger charge is 2.30. The van der Waals surface area contributed by atoms with Crippen LogP contribution in [0.3, 0.4) is 0 Å². The van der Waals surface area contributed by atoms with Gasteiger partial charge in [0.05, 0.1) is 5.56 Å². The van der Waals surface area contributed by atoms with Crippen LogP contribution in [-0.4, -0.2) is 41.2 Å². The minimum atomic E-state index is -4.31. The van der Waals surface area contributed by atoms with Crippen molar-refractivity contribution in [1.29, 1.82) is 0 Å². The van der Waals surface area contributed by atoms with Crippen LogP contribution in [0.2, 0.25) is 0 Å². The van der Waals surface area contributed by atoms with Gasteiger partial charge in [0.15, 0.2) is 0 Å². The molecule has 0 saturated carbocycles.